The summed E-state index contributed by atoms with van der Waals surface area (Å²) in [6.45, 7) is -1.39. The zero-order valence-corrected chi connectivity index (χ0v) is 26.3. The molecule has 2 heterocycles. The van der Waals surface area contributed by atoms with Crippen molar-refractivity contribution >= 4 is 19.3 Å². The standard InChI is InChI=1S/C29H31F5N5O9P/c30-28(31)25(40)23(48-26(28)38-13-12-24(35)36-27(38)41)16-46-49(44,37-19-4-2-1-3-5-19)45-15-17-6-11-21(39(42)43)22(14-17)47-20-9-7-18(8-10-20)29(32,33)34/h6-14,19,23,25-26,40H,1-5,15-16H2,(H,37,44)(H2,35,36,41). The molecule has 1 saturated carbocycles. The van der Waals surface area contributed by atoms with E-state index < -0.39 is 73.4 Å². The van der Waals surface area contributed by atoms with Gasteiger partial charge in [0.25, 0.3) is 0 Å². The average Bonchev–Trinajstić information content (AvgIpc) is 3.26. The highest BCUT2D eigenvalue weighted by Gasteiger charge is 2.60. The molecule has 5 rings (SSSR count). The van der Waals surface area contributed by atoms with Crippen molar-refractivity contribution in [1.29, 1.82) is 0 Å². The largest absolute Gasteiger partial charge is 0.450 e. The predicted molar refractivity (Wildman–Crippen MR) is 161 cm³/mol. The van der Waals surface area contributed by atoms with Crippen LogP contribution in [0.5, 0.6) is 11.5 Å². The number of hydrogen-bond acceptors (Lipinski definition) is 11. The van der Waals surface area contributed by atoms with Crippen LogP contribution >= 0.6 is 7.75 Å². The molecule has 2 fully saturated rings. The average molecular weight is 720 g/mol. The van der Waals surface area contributed by atoms with Crippen LogP contribution in [-0.2, 0) is 31.1 Å². The minimum absolute atomic E-state index is 0.135. The van der Waals surface area contributed by atoms with Crippen molar-refractivity contribution in [1.82, 2.24) is 14.6 Å². The number of benzene rings is 2. The molecule has 266 valence electrons. The second-order valence-corrected chi connectivity index (χ2v) is 13.2. The fourth-order valence-corrected chi connectivity index (χ4v) is 6.92. The number of halogens is 5. The third-order valence-corrected chi connectivity index (χ3v) is 9.51. The normalized spacial score (nSPS) is 22.4. The van der Waals surface area contributed by atoms with Gasteiger partial charge >= 0.3 is 31.2 Å². The Morgan fingerprint density at radius 3 is 2.45 bits per heavy atom. The maximum atomic E-state index is 15.1. The van der Waals surface area contributed by atoms with Crippen LogP contribution in [-0.4, -0.2) is 50.4 Å². The van der Waals surface area contributed by atoms with Crippen molar-refractivity contribution in [3.05, 3.63) is 86.5 Å². The lowest BCUT2D eigenvalue weighted by atomic mass is 9.96. The molecule has 1 aliphatic carbocycles. The summed E-state index contributed by atoms with van der Waals surface area (Å²) in [7, 11) is -4.38. The summed E-state index contributed by atoms with van der Waals surface area (Å²) >= 11 is 0. The molecular formula is C29H31F5N5O9P. The molecule has 0 spiro atoms. The number of aliphatic hydroxyl groups excluding tert-OH is 1. The van der Waals surface area contributed by atoms with Crippen molar-refractivity contribution in [2.24, 2.45) is 0 Å². The van der Waals surface area contributed by atoms with E-state index in [2.05, 4.69) is 10.1 Å². The summed E-state index contributed by atoms with van der Waals surface area (Å²) in [6.07, 6.45) is -6.52. The van der Waals surface area contributed by atoms with E-state index in [0.717, 1.165) is 67.9 Å². The molecule has 1 saturated heterocycles. The van der Waals surface area contributed by atoms with Gasteiger partial charge in [0.2, 0.25) is 12.0 Å². The van der Waals surface area contributed by atoms with Crippen LogP contribution in [0.4, 0.5) is 33.5 Å². The lowest BCUT2D eigenvalue weighted by Crippen LogP contribution is -2.42. The third-order valence-electron chi connectivity index (χ3n) is 7.87. The Bertz CT molecular complexity index is 1760. The van der Waals surface area contributed by atoms with Crippen LogP contribution in [0.2, 0.25) is 0 Å². The van der Waals surface area contributed by atoms with Gasteiger partial charge in [-0.15, -0.1) is 0 Å². The molecule has 14 nitrogen and oxygen atoms in total. The first-order chi connectivity index (χ1) is 23.1. The van der Waals surface area contributed by atoms with Crippen LogP contribution in [0, 0.1) is 10.1 Å². The second-order valence-electron chi connectivity index (χ2n) is 11.4. The molecule has 49 heavy (non-hydrogen) atoms. The Labute approximate surface area is 274 Å². The third kappa shape index (κ3) is 8.60. The first kappa shape index (κ1) is 36.3. The van der Waals surface area contributed by atoms with Crippen LogP contribution in [0.15, 0.2) is 59.5 Å². The van der Waals surface area contributed by atoms with Crippen LogP contribution in [0.3, 0.4) is 0 Å². The number of rotatable bonds is 12. The SMILES string of the molecule is Nc1ccn(C2OC(COP(=O)(NC3CCCCC3)OCc3ccc([N+](=O)[O-])c(Oc4ccc(C(F)(F)F)cc4)c3)C(O)C2(F)F)c(=O)n1. The maximum absolute atomic E-state index is 15.1. The number of ether oxygens (including phenoxy) is 2. The molecule has 4 N–H and O–H groups in total. The van der Waals surface area contributed by atoms with E-state index in [4.69, 9.17) is 24.3 Å². The minimum Gasteiger partial charge on any atom is -0.450 e. The number of nitrogens with zero attached hydrogens (tertiary/aromatic N) is 3. The summed E-state index contributed by atoms with van der Waals surface area (Å²) in [5.41, 5.74) is 2.96. The first-order valence-electron chi connectivity index (χ1n) is 14.9. The van der Waals surface area contributed by atoms with Gasteiger partial charge in [-0.2, -0.15) is 26.9 Å². The second kappa shape index (κ2) is 14.5. The number of aliphatic hydroxyl groups is 1. The van der Waals surface area contributed by atoms with E-state index in [9.17, 15) is 37.8 Å². The monoisotopic (exact) mass is 719 g/mol. The first-order valence-corrected chi connectivity index (χ1v) is 16.5. The van der Waals surface area contributed by atoms with Gasteiger partial charge in [0.05, 0.1) is 23.7 Å². The fraction of sp³-hybridized carbons (Fsp3) is 0.448. The molecular weight excluding hydrogens is 688 g/mol. The molecule has 0 amide bonds. The van der Waals surface area contributed by atoms with Crippen molar-refractivity contribution < 1.29 is 55.1 Å². The molecule has 3 aromatic rings. The van der Waals surface area contributed by atoms with Gasteiger partial charge < -0.3 is 20.3 Å². The number of nitro benzene ring substituents is 1. The molecule has 0 bridgehead atoms. The molecule has 4 unspecified atom stereocenters. The van der Waals surface area contributed by atoms with E-state index in [1.807, 2.05) is 0 Å². The Kier molecular flexibility index (Phi) is 10.7. The van der Waals surface area contributed by atoms with Gasteiger partial charge in [-0.3, -0.25) is 23.7 Å². The topological polar surface area (TPSA) is 190 Å². The number of nitro groups is 1. The van der Waals surface area contributed by atoms with Gasteiger partial charge in [-0.05, 0) is 60.9 Å². The van der Waals surface area contributed by atoms with E-state index >= 15 is 8.78 Å². The Hall–Kier alpha value is -4.00. The molecule has 2 aromatic carbocycles. The molecule has 0 radical (unpaired) electrons. The quantitative estimate of drug-likeness (QED) is 0.0897. The summed E-state index contributed by atoms with van der Waals surface area (Å²) in [6, 6.07) is 7.67. The van der Waals surface area contributed by atoms with E-state index in [-0.39, 0.29) is 28.9 Å². The van der Waals surface area contributed by atoms with Crippen molar-refractivity contribution in [3.8, 4) is 11.5 Å². The number of nitrogen functional groups attached to an aromatic ring is 1. The number of nitrogens with two attached hydrogens (primary N) is 1. The molecule has 2 aliphatic rings. The van der Waals surface area contributed by atoms with Crippen LogP contribution < -0.4 is 21.2 Å². The molecule has 1 aromatic heterocycles. The minimum atomic E-state index is -4.61. The molecule has 20 heteroatoms. The predicted octanol–water partition coefficient (Wildman–Crippen LogP) is 5.70. The summed E-state index contributed by atoms with van der Waals surface area (Å²) in [4.78, 5) is 26.5. The highest BCUT2D eigenvalue weighted by Crippen LogP contribution is 2.49. The van der Waals surface area contributed by atoms with E-state index in [1.165, 1.54) is 6.07 Å². The molecule has 1 aliphatic heterocycles. The van der Waals surface area contributed by atoms with Gasteiger partial charge in [-0.1, -0.05) is 19.3 Å². The van der Waals surface area contributed by atoms with Gasteiger partial charge in [0.15, 0.2) is 6.10 Å². The Morgan fingerprint density at radius 2 is 1.82 bits per heavy atom. The Balaban J connectivity index is 1.33. The number of anilines is 1. The van der Waals surface area contributed by atoms with E-state index in [1.54, 1.807) is 0 Å². The maximum Gasteiger partial charge on any atom is 0.416 e. The number of aromatic nitrogens is 2. The van der Waals surface area contributed by atoms with Gasteiger partial charge in [-0.25, -0.2) is 14.4 Å². The zero-order valence-electron chi connectivity index (χ0n) is 25.4. The fourth-order valence-electron chi connectivity index (χ4n) is 5.33. The highest BCUT2D eigenvalue weighted by molar-refractivity contribution is 7.51. The zero-order chi connectivity index (χ0) is 35.6. The number of alkyl halides is 5. The number of nitrogens with one attached hydrogen (secondary N) is 1. The lowest BCUT2D eigenvalue weighted by Gasteiger charge is -2.28. The van der Waals surface area contributed by atoms with Crippen molar-refractivity contribution in [2.45, 2.75) is 75.3 Å². The van der Waals surface area contributed by atoms with Crippen molar-refractivity contribution in [3.63, 3.8) is 0 Å². The highest BCUT2D eigenvalue weighted by atomic mass is 31.2. The summed E-state index contributed by atoms with van der Waals surface area (Å²) in [5.74, 6) is -4.71. The van der Waals surface area contributed by atoms with Gasteiger partial charge in [0, 0.05) is 18.3 Å². The smallest absolute Gasteiger partial charge is 0.416 e. The van der Waals surface area contributed by atoms with Crippen LogP contribution in [0.25, 0.3) is 0 Å². The van der Waals surface area contributed by atoms with Crippen LogP contribution in [0.1, 0.15) is 49.5 Å². The van der Waals surface area contributed by atoms with E-state index in [0.29, 0.717) is 17.4 Å². The van der Waals surface area contributed by atoms with Crippen molar-refractivity contribution in [2.75, 3.05) is 12.3 Å². The summed E-state index contributed by atoms with van der Waals surface area (Å²) in [5, 5.41) is 24.8. The number of hydrogen-bond donors (Lipinski definition) is 3. The lowest BCUT2D eigenvalue weighted by molar-refractivity contribution is -0.385. The Morgan fingerprint density at radius 1 is 1.12 bits per heavy atom. The summed E-state index contributed by atoms with van der Waals surface area (Å²) < 4.78 is 105. The molecule has 4 atom stereocenters. The van der Waals surface area contributed by atoms with Gasteiger partial charge in [0.1, 0.15) is 17.7 Å².